The summed E-state index contributed by atoms with van der Waals surface area (Å²) in [4.78, 5) is 14.5. The Bertz CT molecular complexity index is 585. The van der Waals surface area contributed by atoms with Gasteiger partial charge in [-0.1, -0.05) is 6.07 Å². The first-order valence-electron chi connectivity index (χ1n) is 9.08. The summed E-state index contributed by atoms with van der Waals surface area (Å²) in [5, 5.41) is 0. The summed E-state index contributed by atoms with van der Waals surface area (Å²) in [7, 11) is 0. The Morgan fingerprint density at radius 2 is 2.16 bits per heavy atom. The van der Waals surface area contributed by atoms with Crippen LogP contribution in [0.4, 0.5) is 0 Å². The fourth-order valence-electron chi connectivity index (χ4n) is 3.12. The predicted octanol–water partition coefficient (Wildman–Crippen LogP) is 2.74. The second kappa shape index (κ2) is 8.54. The zero-order valence-corrected chi connectivity index (χ0v) is 15.0. The highest BCUT2D eigenvalue weighted by Crippen LogP contribution is 2.32. The molecule has 0 unspecified atom stereocenters. The second-order valence-corrected chi connectivity index (χ2v) is 6.50. The Morgan fingerprint density at radius 3 is 2.92 bits per heavy atom. The Kier molecular flexibility index (Phi) is 6.15. The number of amides is 1. The van der Waals surface area contributed by atoms with E-state index in [1.54, 1.807) is 4.90 Å². The third-order valence-electron chi connectivity index (χ3n) is 4.66. The summed E-state index contributed by atoms with van der Waals surface area (Å²) >= 11 is 0. The van der Waals surface area contributed by atoms with Gasteiger partial charge in [0.2, 0.25) is 6.79 Å². The van der Waals surface area contributed by atoms with Gasteiger partial charge in [0.25, 0.3) is 5.91 Å². The molecule has 0 saturated carbocycles. The van der Waals surface area contributed by atoms with Crippen molar-refractivity contribution in [2.45, 2.75) is 51.9 Å². The molecule has 6 nitrogen and oxygen atoms in total. The lowest BCUT2D eigenvalue weighted by molar-refractivity contribution is -0.146. The van der Waals surface area contributed by atoms with Gasteiger partial charge in [0.05, 0.1) is 12.7 Å². The molecule has 138 valence electrons. The molecule has 3 rings (SSSR count). The summed E-state index contributed by atoms with van der Waals surface area (Å²) in [5.41, 5.74) is 1.02. The topological polar surface area (TPSA) is 57.2 Å². The lowest BCUT2D eigenvalue weighted by Crippen LogP contribution is -2.40. The largest absolute Gasteiger partial charge is 0.454 e. The number of carbonyl (C=O) groups is 1. The van der Waals surface area contributed by atoms with Crippen LogP contribution in [0.2, 0.25) is 0 Å². The van der Waals surface area contributed by atoms with E-state index in [2.05, 4.69) is 0 Å². The van der Waals surface area contributed by atoms with Crippen LogP contribution in [0.15, 0.2) is 18.2 Å². The molecule has 0 aliphatic carbocycles. The van der Waals surface area contributed by atoms with E-state index in [1.165, 1.54) is 6.42 Å². The van der Waals surface area contributed by atoms with Crippen molar-refractivity contribution in [3.05, 3.63) is 23.8 Å². The number of carbonyl (C=O) groups excluding carboxylic acids is 1. The maximum Gasteiger partial charge on any atom is 0.251 e. The van der Waals surface area contributed by atoms with Crippen LogP contribution in [0.1, 0.15) is 38.7 Å². The van der Waals surface area contributed by atoms with Crippen LogP contribution >= 0.6 is 0 Å². The molecule has 0 N–H and O–H groups in total. The minimum absolute atomic E-state index is 0.00373. The first-order chi connectivity index (χ1) is 12.2. The summed E-state index contributed by atoms with van der Waals surface area (Å²) in [6.45, 7) is 6.47. The number of likely N-dealkylation sites (N-methyl/N-ethyl adjacent to an activating group) is 1. The molecule has 6 heteroatoms. The lowest BCUT2D eigenvalue weighted by atomic mass is 10.1. The molecule has 0 radical (unpaired) electrons. The van der Waals surface area contributed by atoms with Crippen molar-refractivity contribution in [3.8, 4) is 11.5 Å². The number of rotatable bonds is 7. The van der Waals surface area contributed by atoms with E-state index >= 15 is 0 Å². The highest BCUT2D eigenvalue weighted by molar-refractivity contribution is 5.80. The van der Waals surface area contributed by atoms with Crippen LogP contribution in [-0.4, -0.2) is 49.6 Å². The molecule has 1 aromatic carbocycles. The number of fused-ring (bicyclic) bond motifs is 1. The number of hydrogen-bond acceptors (Lipinski definition) is 5. The van der Waals surface area contributed by atoms with E-state index in [0.717, 1.165) is 36.5 Å². The van der Waals surface area contributed by atoms with E-state index in [9.17, 15) is 4.79 Å². The van der Waals surface area contributed by atoms with Gasteiger partial charge in [-0.2, -0.15) is 0 Å². The fraction of sp³-hybridized carbons (Fsp3) is 0.632. The van der Waals surface area contributed by atoms with Crippen LogP contribution in [0.3, 0.4) is 0 Å². The van der Waals surface area contributed by atoms with Crippen molar-refractivity contribution in [2.24, 2.45) is 0 Å². The number of benzene rings is 1. The van der Waals surface area contributed by atoms with Gasteiger partial charge in [-0.05, 0) is 50.8 Å². The van der Waals surface area contributed by atoms with Crippen LogP contribution in [0.5, 0.6) is 11.5 Å². The van der Waals surface area contributed by atoms with Crippen molar-refractivity contribution in [1.29, 1.82) is 0 Å². The molecule has 2 aliphatic rings. The number of ether oxygens (including phenoxy) is 4. The maximum absolute atomic E-state index is 12.7. The zero-order chi connectivity index (χ0) is 17.6. The average molecular weight is 349 g/mol. The average Bonchev–Trinajstić information content (AvgIpc) is 3.12. The van der Waals surface area contributed by atoms with E-state index < -0.39 is 6.10 Å². The molecule has 1 aromatic rings. The molecule has 0 bridgehead atoms. The van der Waals surface area contributed by atoms with Gasteiger partial charge in [-0.3, -0.25) is 4.79 Å². The Hall–Kier alpha value is -1.79. The molecule has 1 saturated heterocycles. The summed E-state index contributed by atoms with van der Waals surface area (Å²) < 4.78 is 22.2. The molecule has 0 aromatic heterocycles. The molecule has 25 heavy (non-hydrogen) atoms. The Labute approximate surface area is 149 Å². The third-order valence-corrected chi connectivity index (χ3v) is 4.66. The molecule has 1 fully saturated rings. The molecule has 0 spiro atoms. The van der Waals surface area contributed by atoms with Crippen molar-refractivity contribution in [2.75, 3.05) is 26.6 Å². The van der Waals surface area contributed by atoms with Crippen LogP contribution < -0.4 is 9.47 Å². The smallest absolute Gasteiger partial charge is 0.251 e. The number of nitrogens with zero attached hydrogens (tertiary/aromatic N) is 1. The van der Waals surface area contributed by atoms with Crippen LogP contribution in [0, 0.1) is 0 Å². The molecule has 2 atom stereocenters. The zero-order valence-electron chi connectivity index (χ0n) is 15.0. The molecule has 2 aliphatic heterocycles. The van der Waals surface area contributed by atoms with Crippen molar-refractivity contribution < 1.29 is 23.7 Å². The second-order valence-electron chi connectivity index (χ2n) is 6.50. The van der Waals surface area contributed by atoms with E-state index in [-0.39, 0.29) is 18.8 Å². The molecule has 2 heterocycles. The molecule has 1 amide bonds. The van der Waals surface area contributed by atoms with Crippen molar-refractivity contribution in [1.82, 2.24) is 4.90 Å². The van der Waals surface area contributed by atoms with Gasteiger partial charge in [0.1, 0.15) is 6.10 Å². The van der Waals surface area contributed by atoms with Gasteiger partial charge in [0, 0.05) is 19.7 Å². The van der Waals surface area contributed by atoms with E-state index in [4.69, 9.17) is 18.9 Å². The quantitative estimate of drug-likeness (QED) is 0.758. The Morgan fingerprint density at radius 1 is 1.32 bits per heavy atom. The first kappa shape index (κ1) is 18.0. The minimum Gasteiger partial charge on any atom is -0.454 e. The van der Waals surface area contributed by atoms with Crippen LogP contribution in [0.25, 0.3) is 0 Å². The highest BCUT2D eigenvalue weighted by atomic mass is 16.7. The van der Waals surface area contributed by atoms with Crippen molar-refractivity contribution >= 4 is 5.91 Å². The highest BCUT2D eigenvalue weighted by Gasteiger charge is 2.23. The van der Waals surface area contributed by atoms with Gasteiger partial charge in [-0.25, -0.2) is 0 Å². The standard InChI is InChI=1S/C19H27NO5/c1-3-20(11-15-7-8-17-18(10-15)25-13-24-17)19(21)14(2)23-12-16-6-4-5-9-22-16/h7-8,10,14,16H,3-6,9,11-13H2,1-2H3/t14-,16-/m1/s1. The normalized spacial score (nSPS) is 20.3. The fourth-order valence-corrected chi connectivity index (χ4v) is 3.12. The summed E-state index contributed by atoms with van der Waals surface area (Å²) in [6.07, 6.45) is 2.94. The van der Waals surface area contributed by atoms with Crippen molar-refractivity contribution in [3.63, 3.8) is 0 Å². The van der Waals surface area contributed by atoms with Crippen LogP contribution in [-0.2, 0) is 20.8 Å². The van der Waals surface area contributed by atoms with Gasteiger partial charge < -0.3 is 23.8 Å². The predicted molar refractivity (Wildman–Crippen MR) is 92.7 cm³/mol. The molecular formula is C19H27NO5. The molecular weight excluding hydrogens is 322 g/mol. The Balaban J connectivity index is 1.53. The van der Waals surface area contributed by atoms with E-state index in [0.29, 0.717) is 19.7 Å². The lowest BCUT2D eigenvalue weighted by Gasteiger charge is -2.27. The van der Waals surface area contributed by atoms with E-state index in [1.807, 2.05) is 32.0 Å². The first-order valence-corrected chi connectivity index (χ1v) is 9.08. The van der Waals surface area contributed by atoms with Gasteiger partial charge >= 0.3 is 0 Å². The monoisotopic (exact) mass is 349 g/mol. The van der Waals surface area contributed by atoms with Gasteiger partial charge in [0.15, 0.2) is 11.5 Å². The van der Waals surface area contributed by atoms with Gasteiger partial charge in [-0.15, -0.1) is 0 Å². The maximum atomic E-state index is 12.7. The third kappa shape index (κ3) is 4.64. The summed E-state index contributed by atoms with van der Waals surface area (Å²) in [6, 6.07) is 5.78. The SMILES string of the molecule is CCN(Cc1ccc2c(c1)OCO2)C(=O)[C@@H](C)OC[C@H]1CCCCO1. The minimum atomic E-state index is -0.473. The summed E-state index contributed by atoms with van der Waals surface area (Å²) in [5.74, 6) is 1.48. The number of hydrogen-bond donors (Lipinski definition) is 0.